The fourth-order valence-electron chi connectivity index (χ4n) is 2.65. The first-order chi connectivity index (χ1) is 12.6. The van der Waals surface area contributed by atoms with Crippen LogP contribution in [0.15, 0.2) is 53.8 Å². The summed E-state index contributed by atoms with van der Waals surface area (Å²) in [4.78, 5) is 4.34. The molecule has 0 aliphatic rings. The molecule has 3 aromatic rings. The zero-order chi connectivity index (χ0) is 18.5. The van der Waals surface area contributed by atoms with Crippen molar-refractivity contribution in [1.29, 1.82) is 0 Å². The van der Waals surface area contributed by atoms with E-state index in [9.17, 15) is 13.9 Å². The minimum absolute atomic E-state index is 0.155. The maximum Gasteiger partial charge on any atom is 0.168 e. The van der Waals surface area contributed by atoms with Gasteiger partial charge in [0.1, 0.15) is 17.4 Å². The standard InChI is InChI=1S/C19H18F2N2O2S/c1-25-18-5-3-2-4-14(18)10-23-17(11-24)9-22-19(23)26-12-13-6-15(20)8-16(21)7-13/h2-9,24H,10-12H2,1H3. The van der Waals surface area contributed by atoms with Crippen LogP contribution in [0, 0.1) is 11.6 Å². The van der Waals surface area contributed by atoms with Gasteiger partial charge in [0, 0.05) is 17.4 Å². The van der Waals surface area contributed by atoms with E-state index < -0.39 is 11.6 Å². The lowest BCUT2D eigenvalue weighted by Gasteiger charge is -2.13. The van der Waals surface area contributed by atoms with Crippen LogP contribution < -0.4 is 4.74 Å². The van der Waals surface area contributed by atoms with Crippen LogP contribution in [-0.4, -0.2) is 21.8 Å². The highest BCUT2D eigenvalue weighted by Gasteiger charge is 2.13. The summed E-state index contributed by atoms with van der Waals surface area (Å²) >= 11 is 1.35. The van der Waals surface area contributed by atoms with Gasteiger partial charge in [0.25, 0.3) is 0 Å². The highest BCUT2D eigenvalue weighted by atomic mass is 32.2. The molecule has 7 heteroatoms. The first kappa shape index (κ1) is 18.4. The molecular weight excluding hydrogens is 358 g/mol. The van der Waals surface area contributed by atoms with E-state index >= 15 is 0 Å². The number of hydrogen-bond donors (Lipinski definition) is 1. The summed E-state index contributed by atoms with van der Waals surface area (Å²) in [6.07, 6.45) is 1.60. The number of para-hydroxylation sites is 1. The minimum atomic E-state index is -0.603. The summed E-state index contributed by atoms with van der Waals surface area (Å²) in [5.41, 5.74) is 2.13. The molecule has 0 radical (unpaired) electrons. The van der Waals surface area contributed by atoms with Crippen molar-refractivity contribution >= 4 is 11.8 Å². The van der Waals surface area contributed by atoms with Gasteiger partial charge in [0.2, 0.25) is 0 Å². The van der Waals surface area contributed by atoms with Crippen molar-refractivity contribution in [1.82, 2.24) is 9.55 Å². The molecule has 0 bridgehead atoms. The van der Waals surface area contributed by atoms with Crippen molar-refractivity contribution in [3.8, 4) is 5.75 Å². The molecule has 1 N–H and O–H groups in total. The van der Waals surface area contributed by atoms with Crippen LogP contribution in [0.4, 0.5) is 8.78 Å². The highest BCUT2D eigenvalue weighted by molar-refractivity contribution is 7.98. The van der Waals surface area contributed by atoms with E-state index in [2.05, 4.69) is 4.98 Å². The largest absolute Gasteiger partial charge is 0.496 e. The van der Waals surface area contributed by atoms with Gasteiger partial charge in [-0.05, 0) is 23.8 Å². The first-order valence-electron chi connectivity index (χ1n) is 7.95. The normalized spacial score (nSPS) is 10.9. The highest BCUT2D eigenvalue weighted by Crippen LogP contribution is 2.27. The number of thioether (sulfide) groups is 1. The van der Waals surface area contributed by atoms with Gasteiger partial charge in [-0.1, -0.05) is 30.0 Å². The molecule has 0 aliphatic heterocycles. The number of aliphatic hydroxyl groups is 1. The van der Waals surface area contributed by atoms with Gasteiger partial charge < -0.3 is 14.4 Å². The summed E-state index contributed by atoms with van der Waals surface area (Å²) in [5.74, 6) is -0.0982. The monoisotopic (exact) mass is 376 g/mol. The summed E-state index contributed by atoms with van der Waals surface area (Å²) < 4.78 is 33.9. The second-order valence-corrected chi connectivity index (χ2v) is 6.60. The molecule has 0 amide bonds. The lowest BCUT2D eigenvalue weighted by atomic mass is 10.2. The Hall–Kier alpha value is -2.38. The predicted molar refractivity (Wildman–Crippen MR) is 96.2 cm³/mol. The minimum Gasteiger partial charge on any atom is -0.496 e. The fourth-order valence-corrected chi connectivity index (χ4v) is 3.58. The van der Waals surface area contributed by atoms with Crippen molar-refractivity contribution in [2.24, 2.45) is 0 Å². The zero-order valence-corrected chi connectivity index (χ0v) is 15.0. The molecule has 1 heterocycles. The summed E-state index contributed by atoms with van der Waals surface area (Å²) in [5, 5.41) is 10.3. The molecule has 0 atom stereocenters. The maximum atomic E-state index is 13.3. The van der Waals surface area contributed by atoms with Gasteiger partial charge >= 0.3 is 0 Å². The third-order valence-corrected chi connectivity index (χ3v) is 4.94. The van der Waals surface area contributed by atoms with Crippen LogP contribution >= 0.6 is 11.8 Å². The van der Waals surface area contributed by atoms with Gasteiger partial charge in [-0.25, -0.2) is 13.8 Å². The van der Waals surface area contributed by atoms with Crippen LogP contribution in [0.25, 0.3) is 0 Å². The van der Waals surface area contributed by atoms with Gasteiger partial charge in [-0.2, -0.15) is 0 Å². The number of aliphatic hydroxyl groups excluding tert-OH is 1. The SMILES string of the molecule is COc1ccccc1Cn1c(CO)cnc1SCc1cc(F)cc(F)c1. The number of methoxy groups -OCH3 is 1. The first-order valence-corrected chi connectivity index (χ1v) is 8.94. The Morgan fingerprint density at radius 2 is 1.88 bits per heavy atom. The third kappa shape index (κ3) is 4.23. The summed E-state index contributed by atoms with van der Waals surface area (Å²) in [7, 11) is 1.61. The van der Waals surface area contributed by atoms with Crippen molar-refractivity contribution in [2.45, 2.75) is 24.1 Å². The maximum absolute atomic E-state index is 13.3. The van der Waals surface area contributed by atoms with Gasteiger partial charge in [0.05, 0.1) is 32.2 Å². The van der Waals surface area contributed by atoms with Crippen molar-refractivity contribution in [3.63, 3.8) is 0 Å². The Morgan fingerprint density at radius 3 is 2.58 bits per heavy atom. The summed E-state index contributed by atoms with van der Waals surface area (Å²) in [6.45, 7) is 0.317. The molecule has 3 rings (SSSR count). The number of benzene rings is 2. The van der Waals surface area contributed by atoms with Crippen LogP contribution in [0.5, 0.6) is 5.75 Å². The number of halogens is 2. The molecule has 0 spiro atoms. The number of ether oxygens (including phenoxy) is 1. The molecule has 0 aliphatic carbocycles. The Kier molecular flexibility index (Phi) is 5.90. The van der Waals surface area contributed by atoms with Crippen molar-refractivity contribution in [2.75, 3.05) is 7.11 Å². The van der Waals surface area contributed by atoms with E-state index in [-0.39, 0.29) is 6.61 Å². The number of hydrogen-bond acceptors (Lipinski definition) is 4. The fraction of sp³-hybridized carbons (Fsp3) is 0.211. The molecular formula is C19H18F2N2O2S. The molecule has 0 saturated carbocycles. The third-order valence-electron chi connectivity index (χ3n) is 3.87. The number of imidazole rings is 1. The molecule has 0 saturated heterocycles. The Morgan fingerprint density at radius 1 is 1.15 bits per heavy atom. The van der Waals surface area contributed by atoms with E-state index in [1.807, 2.05) is 28.8 Å². The van der Waals surface area contributed by atoms with Crippen LogP contribution in [0.2, 0.25) is 0 Å². The van der Waals surface area contributed by atoms with Gasteiger partial charge in [-0.15, -0.1) is 0 Å². The molecule has 2 aromatic carbocycles. The van der Waals surface area contributed by atoms with E-state index in [1.165, 1.54) is 23.9 Å². The van der Waals surface area contributed by atoms with Gasteiger partial charge in [-0.3, -0.25) is 0 Å². The van der Waals surface area contributed by atoms with Gasteiger partial charge in [0.15, 0.2) is 5.16 Å². The predicted octanol–water partition coefficient (Wildman–Crippen LogP) is 4.00. The van der Waals surface area contributed by atoms with E-state index in [0.29, 0.717) is 28.7 Å². The molecule has 136 valence electrons. The van der Waals surface area contributed by atoms with Crippen LogP contribution in [0.1, 0.15) is 16.8 Å². The van der Waals surface area contributed by atoms with Crippen molar-refractivity contribution < 1.29 is 18.6 Å². The smallest absolute Gasteiger partial charge is 0.168 e. The molecule has 4 nitrogen and oxygen atoms in total. The van der Waals surface area contributed by atoms with E-state index in [4.69, 9.17) is 4.74 Å². The average Bonchev–Trinajstić information content (AvgIpc) is 3.01. The van der Waals surface area contributed by atoms with Crippen LogP contribution in [0.3, 0.4) is 0 Å². The number of nitrogens with zero attached hydrogens (tertiary/aromatic N) is 2. The van der Waals surface area contributed by atoms with E-state index in [0.717, 1.165) is 17.4 Å². The molecule has 1 aromatic heterocycles. The zero-order valence-electron chi connectivity index (χ0n) is 14.2. The molecule has 26 heavy (non-hydrogen) atoms. The van der Waals surface area contributed by atoms with Crippen molar-refractivity contribution in [3.05, 3.63) is 77.1 Å². The second-order valence-electron chi connectivity index (χ2n) is 5.65. The number of aromatic nitrogens is 2. The quantitative estimate of drug-likeness (QED) is 0.633. The average molecular weight is 376 g/mol. The van der Waals surface area contributed by atoms with E-state index in [1.54, 1.807) is 13.3 Å². The lowest BCUT2D eigenvalue weighted by molar-refractivity contribution is 0.270. The molecule has 0 fully saturated rings. The topological polar surface area (TPSA) is 47.3 Å². The second kappa shape index (κ2) is 8.33. The Balaban J connectivity index is 1.83. The van der Waals surface area contributed by atoms with Crippen LogP contribution in [-0.2, 0) is 18.9 Å². The number of rotatable bonds is 7. The summed E-state index contributed by atoms with van der Waals surface area (Å²) in [6, 6.07) is 11.1. The Bertz CT molecular complexity index is 879. The lowest BCUT2D eigenvalue weighted by Crippen LogP contribution is -2.07. The Labute approximate surface area is 154 Å². The molecule has 0 unspecified atom stereocenters.